The Morgan fingerprint density at radius 1 is 1.30 bits per heavy atom. The summed E-state index contributed by atoms with van der Waals surface area (Å²) in [6.07, 6.45) is 3.21. The van der Waals surface area contributed by atoms with Gasteiger partial charge in [0.25, 0.3) is 0 Å². The molecule has 0 atom stereocenters. The van der Waals surface area contributed by atoms with Crippen molar-refractivity contribution >= 4 is 51.9 Å². The van der Waals surface area contributed by atoms with Gasteiger partial charge in [0.15, 0.2) is 0 Å². The highest BCUT2D eigenvalue weighted by Crippen LogP contribution is 2.41. The molecule has 3 rings (SSSR count). The van der Waals surface area contributed by atoms with Crippen LogP contribution in [0.15, 0.2) is 12.3 Å². The Balaban J connectivity index is 1.87. The molecule has 0 unspecified atom stereocenters. The van der Waals surface area contributed by atoms with Crippen LogP contribution in [-0.2, 0) is 6.54 Å². The second-order valence-corrected chi connectivity index (χ2v) is 6.45. The lowest BCUT2D eigenvalue weighted by molar-refractivity contribution is 0.407. The predicted octanol–water partition coefficient (Wildman–Crippen LogP) is 5.02. The van der Waals surface area contributed by atoms with Crippen LogP contribution in [0.2, 0.25) is 10.0 Å². The van der Waals surface area contributed by atoms with E-state index in [0.717, 1.165) is 41.7 Å². The molecule has 1 aliphatic heterocycles. The minimum atomic E-state index is -0.254. The van der Waals surface area contributed by atoms with Crippen molar-refractivity contribution in [2.24, 2.45) is 0 Å². The van der Waals surface area contributed by atoms with Gasteiger partial charge in [0.1, 0.15) is 0 Å². The molecular weight excluding hydrogens is 320 g/mol. The maximum Gasteiger partial charge on any atom is 0.0894 e. The number of alkyl halides is 1. The molecule has 0 spiro atoms. The minimum absolute atomic E-state index is 0.254. The standard InChI is InChI=1S/C13H14Cl2FN3S/c14-9-5-8-7-19(4-2-1-3-16)20-18-12(8)13-11(9)10(15)6-17-13/h5-6,17-18H,1-4,7H2. The van der Waals surface area contributed by atoms with Gasteiger partial charge in [0, 0.05) is 36.8 Å². The maximum atomic E-state index is 12.1. The summed E-state index contributed by atoms with van der Waals surface area (Å²) in [7, 11) is 0. The van der Waals surface area contributed by atoms with Crippen molar-refractivity contribution < 1.29 is 4.39 Å². The van der Waals surface area contributed by atoms with E-state index in [1.165, 1.54) is 0 Å². The number of rotatable bonds is 4. The number of nitrogens with zero attached hydrogens (tertiary/aromatic N) is 1. The quantitative estimate of drug-likeness (QED) is 0.608. The van der Waals surface area contributed by atoms with E-state index in [2.05, 4.69) is 14.0 Å². The number of hydrogen-bond donors (Lipinski definition) is 2. The molecule has 2 aromatic rings. The summed E-state index contributed by atoms with van der Waals surface area (Å²) in [6.45, 7) is 1.38. The molecule has 20 heavy (non-hydrogen) atoms. The van der Waals surface area contributed by atoms with Gasteiger partial charge in [-0.15, -0.1) is 0 Å². The molecule has 3 nitrogen and oxygen atoms in total. The zero-order valence-corrected chi connectivity index (χ0v) is 13.0. The van der Waals surface area contributed by atoms with Crippen LogP contribution in [0.1, 0.15) is 18.4 Å². The summed E-state index contributed by atoms with van der Waals surface area (Å²) in [5, 5.41) is 2.14. The Morgan fingerprint density at radius 2 is 2.15 bits per heavy atom. The molecule has 1 aromatic carbocycles. The number of halogens is 3. The van der Waals surface area contributed by atoms with E-state index in [9.17, 15) is 4.39 Å². The topological polar surface area (TPSA) is 31.1 Å². The number of hydrogen-bond acceptors (Lipinski definition) is 3. The fourth-order valence-electron chi connectivity index (χ4n) is 2.37. The van der Waals surface area contributed by atoms with E-state index >= 15 is 0 Å². The highest BCUT2D eigenvalue weighted by Gasteiger charge is 2.22. The monoisotopic (exact) mass is 333 g/mol. The smallest absolute Gasteiger partial charge is 0.0894 e. The fourth-order valence-corrected chi connectivity index (χ4v) is 3.87. The fraction of sp³-hybridized carbons (Fsp3) is 0.385. The Bertz CT molecular complexity index is 632. The normalized spacial score (nSPS) is 15.3. The molecule has 0 aliphatic carbocycles. The summed E-state index contributed by atoms with van der Waals surface area (Å²) in [5.74, 6) is 0. The van der Waals surface area contributed by atoms with E-state index < -0.39 is 0 Å². The van der Waals surface area contributed by atoms with Crippen LogP contribution in [0, 0.1) is 0 Å². The van der Waals surface area contributed by atoms with Crippen molar-refractivity contribution in [3.05, 3.63) is 27.9 Å². The van der Waals surface area contributed by atoms with Crippen molar-refractivity contribution in [2.45, 2.75) is 19.4 Å². The number of unbranched alkanes of at least 4 members (excludes halogenated alkanes) is 1. The molecule has 0 saturated carbocycles. The van der Waals surface area contributed by atoms with E-state index in [-0.39, 0.29) is 6.67 Å². The van der Waals surface area contributed by atoms with Crippen LogP contribution in [0.4, 0.5) is 10.1 Å². The number of nitrogens with one attached hydrogen (secondary N) is 2. The number of aromatic nitrogens is 1. The van der Waals surface area contributed by atoms with E-state index in [1.54, 1.807) is 18.3 Å². The first-order valence-corrected chi connectivity index (χ1v) is 7.95. The third-order valence-corrected chi connectivity index (χ3v) is 4.82. The van der Waals surface area contributed by atoms with Gasteiger partial charge in [-0.3, -0.25) is 4.39 Å². The van der Waals surface area contributed by atoms with E-state index in [4.69, 9.17) is 23.2 Å². The average molecular weight is 334 g/mol. The Hall–Kier alpha value is -0.620. The lowest BCUT2D eigenvalue weighted by Gasteiger charge is -2.28. The third-order valence-electron chi connectivity index (χ3n) is 3.36. The van der Waals surface area contributed by atoms with Crippen LogP contribution < -0.4 is 4.72 Å². The Labute approximate surface area is 131 Å². The summed E-state index contributed by atoms with van der Waals surface area (Å²) >= 11 is 14.0. The first-order valence-electron chi connectivity index (χ1n) is 6.42. The maximum absolute atomic E-state index is 12.1. The van der Waals surface area contributed by atoms with Crippen LogP contribution in [-0.4, -0.2) is 22.5 Å². The first-order chi connectivity index (χ1) is 9.70. The SMILES string of the molecule is FCCCCN1Cc2cc(Cl)c3c(Cl)c[nH]c3c2NS1. The number of anilines is 1. The lowest BCUT2D eigenvalue weighted by Crippen LogP contribution is -2.23. The number of fused-ring (bicyclic) bond motifs is 3. The number of benzene rings is 1. The van der Waals surface area contributed by atoms with Crippen LogP contribution in [0.25, 0.3) is 10.9 Å². The molecular formula is C13H14Cl2FN3S. The van der Waals surface area contributed by atoms with E-state index in [1.807, 2.05) is 6.07 Å². The first kappa shape index (κ1) is 14.3. The zero-order chi connectivity index (χ0) is 14.1. The van der Waals surface area contributed by atoms with Crippen LogP contribution in [0.5, 0.6) is 0 Å². The van der Waals surface area contributed by atoms with Gasteiger partial charge in [0.2, 0.25) is 0 Å². The number of H-pyrrole nitrogens is 1. The van der Waals surface area contributed by atoms with Crippen molar-refractivity contribution in [3.8, 4) is 0 Å². The lowest BCUT2D eigenvalue weighted by atomic mass is 10.1. The van der Waals surface area contributed by atoms with Gasteiger partial charge in [-0.25, -0.2) is 4.31 Å². The second kappa shape index (κ2) is 6.02. The van der Waals surface area contributed by atoms with E-state index in [0.29, 0.717) is 16.5 Å². The Kier molecular flexibility index (Phi) is 4.31. The van der Waals surface area contributed by atoms with Crippen molar-refractivity contribution in [1.29, 1.82) is 0 Å². The summed E-state index contributed by atoms with van der Waals surface area (Å²) in [6, 6.07) is 1.95. The van der Waals surface area contributed by atoms with Gasteiger partial charge in [0.05, 0.1) is 27.9 Å². The largest absolute Gasteiger partial charge is 0.358 e. The van der Waals surface area contributed by atoms with Gasteiger partial charge in [-0.1, -0.05) is 23.2 Å². The molecule has 0 radical (unpaired) electrons. The average Bonchev–Trinajstić information content (AvgIpc) is 2.82. The van der Waals surface area contributed by atoms with Gasteiger partial charge in [-0.05, 0) is 24.5 Å². The molecule has 0 saturated heterocycles. The highest BCUT2D eigenvalue weighted by atomic mass is 35.5. The van der Waals surface area contributed by atoms with Crippen molar-refractivity contribution in [3.63, 3.8) is 0 Å². The third kappa shape index (κ3) is 2.60. The minimum Gasteiger partial charge on any atom is -0.358 e. The summed E-state index contributed by atoms with van der Waals surface area (Å²) < 4.78 is 17.6. The molecule has 108 valence electrons. The van der Waals surface area contributed by atoms with Gasteiger partial charge in [-0.2, -0.15) is 0 Å². The molecule has 0 bridgehead atoms. The molecule has 0 fully saturated rings. The van der Waals surface area contributed by atoms with Crippen molar-refractivity contribution in [1.82, 2.24) is 9.29 Å². The van der Waals surface area contributed by atoms with Crippen LogP contribution >= 0.6 is 35.3 Å². The molecule has 0 amide bonds. The Morgan fingerprint density at radius 3 is 2.95 bits per heavy atom. The van der Waals surface area contributed by atoms with Gasteiger partial charge >= 0.3 is 0 Å². The molecule has 2 N–H and O–H groups in total. The predicted molar refractivity (Wildman–Crippen MR) is 85.2 cm³/mol. The van der Waals surface area contributed by atoms with Gasteiger partial charge < -0.3 is 9.71 Å². The molecule has 1 aromatic heterocycles. The molecule has 1 aliphatic rings. The summed E-state index contributed by atoms with van der Waals surface area (Å²) in [5.41, 5.74) is 3.09. The molecule has 7 heteroatoms. The molecule has 2 heterocycles. The second-order valence-electron chi connectivity index (χ2n) is 4.73. The van der Waals surface area contributed by atoms with Crippen molar-refractivity contribution in [2.75, 3.05) is 17.9 Å². The highest BCUT2D eigenvalue weighted by molar-refractivity contribution is 7.98. The zero-order valence-electron chi connectivity index (χ0n) is 10.7. The van der Waals surface area contributed by atoms with Crippen LogP contribution in [0.3, 0.4) is 0 Å². The summed E-state index contributed by atoms with van der Waals surface area (Å²) in [4.78, 5) is 3.16. The number of aromatic amines is 1.